The van der Waals surface area contributed by atoms with E-state index in [4.69, 9.17) is 0 Å². The molecular formula is C12H25N3O2. The van der Waals surface area contributed by atoms with Gasteiger partial charge in [0.1, 0.15) is 0 Å². The van der Waals surface area contributed by atoms with E-state index in [0.29, 0.717) is 19.5 Å². The lowest BCUT2D eigenvalue weighted by atomic mass is 10.1. The number of hydrogen-bond donors (Lipinski definition) is 2. The lowest BCUT2D eigenvalue weighted by molar-refractivity contribution is -0.135. The lowest BCUT2D eigenvalue weighted by Crippen LogP contribution is -2.42. The molecule has 0 saturated heterocycles. The van der Waals surface area contributed by atoms with Gasteiger partial charge in [-0.05, 0) is 27.7 Å². The van der Waals surface area contributed by atoms with Crippen molar-refractivity contribution in [1.82, 2.24) is 15.5 Å². The van der Waals surface area contributed by atoms with E-state index in [1.807, 2.05) is 6.92 Å². The Morgan fingerprint density at radius 1 is 1.24 bits per heavy atom. The molecule has 17 heavy (non-hydrogen) atoms. The van der Waals surface area contributed by atoms with Crippen molar-refractivity contribution in [3.8, 4) is 0 Å². The van der Waals surface area contributed by atoms with E-state index >= 15 is 0 Å². The fourth-order valence-electron chi connectivity index (χ4n) is 1.33. The highest BCUT2D eigenvalue weighted by Gasteiger charge is 2.15. The van der Waals surface area contributed by atoms with E-state index in [2.05, 4.69) is 31.4 Å². The summed E-state index contributed by atoms with van der Waals surface area (Å²) in [4.78, 5) is 24.6. The lowest BCUT2D eigenvalue weighted by Gasteiger charge is -2.23. The molecule has 0 saturated carbocycles. The first-order valence-electron chi connectivity index (χ1n) is 6.03. The molecule has 0 heterocycles. The topological polar surface area (TPSA) is 61.4 Å². The van der Waals surface area contributed by atoms with Crippen LogP contribution in [0.1, 0.15) is 34.1 Å². The van der Waals surface area contributed by atoms with Gasteiger partial charge in [0.05, 0.1) is 6.54 Å². The van der Waals surface area contributed by atoms with Crippen LogP contribution in [0.25, 0.3) is 0 Å². The van der Waals surface area contributed by atoms with E-state index in [-0.39, 0.29) is 23.9 Å². The highest BCUT2D eigenvalue weighted by atomic mass is 16.2. The minimum Gasteiger partial charge on any atom is -0.358 e. The molecule has 0 spiro atoms. The molecule has 0 aliphatic heterocycles. The molecule has 0 unspecified atom stereocenters. The van der Waals surface area contributed by atoms with Crippen molar-refractivity contribution in [3.05, 3.63) is 0 Å². The Bertz CT molecular complexity index is 259. The summed E-state index contributed by atoms with van der Waals surface area (Å²) in [7, 11) is 1.57. The average molecular weight is 243 g/mol. The fraction of sp³-hybridized carbons (Fsp3) is 0.833. The molecule has 0 bridgehead atoms. The van der Waals surface area contributed by atoms with Gasteiger partial charge >= 0.3 is 0 Å². The van der Waals surface area contributed by atoms with E-state index in [1.54, 1.807) is 11.9 Å². The predicted molar refractivity (Wildman–Crippen MR) is 68.7 cm³/mol. The van der Waals surface area contributed by atoms with Gasteiger partial charge in [-0.15, -0.1) is 0 Å². The quantitative estimate of drug-likeness (QED) is 0.708. The van der Waals surface area contributed by atoms with Crippen LogP contribution in [-0.2, 0) is 9.59 Å². The number of likely N-dealkylation sites (N-methyl/N-ethyl adjacent to an activating group) is 2. The average Bonchev–Trinajstić information content (AvgIpc) is 2.23. The van der Waals surface area contributed by atoms with Crippen LogP contribution >= 0.6 is 0 Å². The highest BCUT2D eigenvalue weighted by molar-refractivity contribution is 5.84. The van der Waals surface area contributed by atoms with Crippen molar-refractivity contribution in [2.45, 2.75) is 39.7 Å². The molecule has 2 amide bonds. The van der Waals surface area contributed by atoms with Crippen molar-refractivity contribution in [2.75, 3.05) is 26.7 Å². The number of nitrogens with one attached hydrogen (secondary N) is 2. The first-order valence-corrected chi connectivity index (χ1v) is 6.03. The minimum atomic E-state index is -0.135. The van der Waals surface area contributed by atoms with Crippen molar-refractivity contribution >= 4 is 11.8 Å². The standard InChI is InChI=1S/C12H25N3O2/c1-6-15(9-10(16)13-5)11(17)7-8-14-12(2,3)4/h14H,6-9H2,1-5H3,(H,13,16). The van der Waals surface area contributed by atoms with Crippen LogP contribution in [0.3, 0.4) is 0 Å². The van der Waals surface area contributed by atoms with E-state index in [0.717, 1.165) is 0 Å². The second-order valence-corrected chi connectivity index (χ2v) is 5.01. The van der Waals surface area contributed by atoms with Crippen LogP contribution in [0.15, 0.2) is 0 Å². The van der Waals surface area contributed by atoms with Gasteiger partial charge in [-0.2, -0.15) is 0 Å². The molecule has 2 N–H and O–H groups in total. The van der Waals surface area contributed by atoms with Crippen LogP contribution in [0.5, 0.6) is 0 Å². The first-order chi connectivity index (χ1) is 7.80. The van der Waals surface area contributed by atoms with Gasteiger partial charge in [0, 0.05) is 32.1 Å². The maximum Gasteiger partial charge on any atom is 0.239 e. The van der Waals surface area contributed by atoms with Gasteiger partial charge in [-0.1, -0.05) is 0 Å². The molecular weight excluding hydrogens is 218 g/mol. The van der Waals surface area contributed by atoms with E-state index in [9.17, 15) is 9.59 Å². The zero-order valence-electron chi connectivity index (χ0n) is 11.6. The van der Waals surface area contributed by atoms with E-state index in [1.165, 1.54) is 0 Å². The SMILES string of the molecule is CCN(CC(=O)NC)C(=O)CCNC(C)(C)C. The fourth-order valence-corrected chi connectivity index (χ4v) is 1.33. The number of rotatable bonds is 6. The number of nitrogens with zero attached hydrogens (tertiary/aromatic N) is 1. The van der Waals surface area contributed by atoms with Crippen LogP contribution < -0.4 is 10.6 Å². The van der Waals surface area contributed by atoms with Crippen molar-refractivity contribution < 1.29 is 9.59 Å². The third kappa shape index (κ3) is 7.74. The molecule has 100 valence electrons. The molecule has 0 aromatic rings. The molecule has 0 atom stereocenters. The van der Waals surface area contributed by atoms with Gasteiger partial charge in [0.15, 0.2) is 0 Å². The highest BCUT2D eigenvalue weighted by Crippen LogP contribution is 1.99. The molecule has 5 nitrogen and oxygen atoms in total. The van der Waals surface area contributed by atoms with Gasteiger partial charge in [-0.3, -0.25) is 9.59 Å². The number of carbonyl (C=O) groups is 2. The van der Waals surface area contributed by atoms with Crippen molar-refractivity contribution in [3.63, 3.8) is 0 Å². The van der Waals surface area contributed by atoms with Gasteiger partial charge in [-0.25, -0.2) is 0 Å². The maximum atomic E-state index is 11.8. The Balaban J connectivity index is 4.05. The maximum absolute atomic E-state index is 11.8. The summed E-state index contributed by atoms with van der Waals surface area (Å²) in [5.41, 5.74) is 0.0120. The second kappa shape index (κ2) is 7.27. The molecule has 0 fully saturated rings. The molecule has 0 aliphatic rings. The molecule has 0 aliphatic carbocycles. The summed E-state index contributed by atoms with van der Waals surface area (Å²) in [6.07, 6.45) is 0.419. The van der Waals surface area contributed by atoms with E-state index < -0.39 is 0 Å². The molecule has 0 aromatic heterocycles. The van der Waals surface area contributed by atoms with Crippen LogP contribution in [-0.4, -0.2) is 48.9 Å². The minimum absolute atomic E-state index is 0.00727. The Morgan fingerprint density at radius 3 is 2.24 bits per heavy atom. The summed E-state index contributed by atoms with van der Waals surface area (Å²) >= 11 is 0. The third-order valence-corrected chi connectivity index (χ3v) is 2.34. The van der Waals surface area contributed by atoms with Gasteiger partial charge < -0.3 is 15.5 Å². The number of amides is 2. The molecule has 5 heteroatoms. The Hall–Kier alpha value is -1.10. The monoisotopic (exact) mass is 243 g/mol. The predicted octanol–water partition coefficient (Wildman–Crippen LogP) is 0.359. The number of carbonyl (C=O) groups excluding carboxylic acids is 2. The molecule has 0 rings (SSSR count). The first kappa shape index (κ1) is 15.9. The Kier molecular flexibility index (Phi) is 6.80. The van der Waals surface area contributed by atoms with Crippen molar-refractivity contribution in [2.24, 2.45) is 0 Å². The Labute approximate surface area is 104 Å². The molecule has 0 aromatic carbocycles. The summed E-state index contributed by atoms with van der Waals surface area (Å²) in [6, 6.07) is 0. The summed E-state index contributed by atoms with van der Waals surface area (Å²) < 4.78 is 0. The zero-order valence-corrected chi connectivity index (χ0v) is 11.6. The smallest absolute Gasteiger partial charge is 0.239 e. The Morgan fingerprint density at radius 2 is 1.82 bits per heavy atom. The summed E-state index contributed by atoms with van der Waals surface area (Å²) in [5.74, 6) is -0.128. The van der Waals surface area contributed by atoms with Crippen LogP contribution in [0.2, 0.25) is 0 Å². The molecule has 0 radical (unpaired) electrons. The normalized spacial score (nSPS) is 11.1. The number of hydrogen-bond acceptors (Lipinski definition) is 3. The summed E-state index contributed by atoms with van der Waals surface area (Å²) in [6.45, 7) is 9.37. The zero-order chi connectivity index (χ0) is 13.5. The second-order valence-electron chi connectivity index (χ2n) is 5.01. The van der Waals surface area contributed by atoms with Crippen LogP contribution in [0, 0.1) is 0 Å². The third-order valence-electron chi connectivity index (χ3n) is 2.34. The largest absolute Gasteiger partial charge is 0.358 e. The summed E-state index contributed by atoms with van der Waals surface area (Å²) in [5, 5.41) is 5.77. The van der Waals surface area contributed by atoms with Crippen molar-refractivity contribution in [1.29, 1.82) is 0 Å². The van der Waals surface area contributed by atoms with Gasteiger partial charge in [0.25, 0.3) is 0 Å². The van der Waals surface area contributed by atoms with Crippen LogP contribution in [0.4, 0.5) is 0 Å². The van der Waals surface area contributed by atoms with Gasteiger partial charge in [0.2, 0.25) is 11.8 Å².